The Morgan fingerprint density at radius 2 is 1.72 bits per heavy atom. The Balaban J connectivity index is 1.34. The van der Waals surface area contributed by atoms with E-state index in [4.69, 9.17) is 16.3 Å². The Morgan fingerprint density at radius 1 is 0.969 bits per heavy atom. The number of hydrazone groups is 1. The van der Waals surface area contributed by atoms with Crippen molar-refractivity contribution >= 4 is 23.7 Å². The Kier molecular flexibility index (Phi) is 6.94. The fourth-order valence-electron chi connectivity index (χ4n) is 3.02. The molecule has 1 aromatic heterocycles. The lowest BCUT2D eigenvalue weighted by molar-refractivity contribution is 0.0949. The third-order valence-corrected chi connectivity index (χ3v) is 4.91. The first-order valence-corrected chi connectivity index (χ1v) is 10.4. The van der Waals surface area contributed by atoms with E-state index in [1.807, 2.05) is 78.9 Å². The monoisotopic (exact) mass is 444 g/mol. The summed E-state index contributed by atoms with van der Waals surface area (Å²) in [5, 5.41) is 9.06. The van der Waals surface area contributed by atoms with Gasteiger partial charge >= 0.3 is 0 Å². The summed E-state index contributed by atoms with van der Waals surface area (Å²) >= 11 is 5.91. The summed E-state index contributed by atoms with van der Waals surface area (Å²) in [6.07, 6.45) is 3.31. The quantitative estimate of drug-likeness (QED) is 0.309. The highest BCUT2D eigenvalue weighted by molar-refractivity contribution is 6.30. The fourth-order valence-corrected chi connectivity index (χ4v) is 3.15. The zero-order chi connectivity index (χ0) is 22.2. The van der Waals surface area contributed by atoms with E-state index >= 15 is 0 Å². The molecule has 0 aliphatic heterocycles. The van der Waals surface area contributed by atoms with Crippen LogP contribution in [0.2, 0.25) is 5.02 Å². The number of carbonyl (C=O) groups excluding carboxylic acids is 1. The average molecular weight is 445 g/mol. The third kappa shape index (κ3) is 5.83. The van der Waals surface area contributed by atoms with Gasteiger partial charge in [-0.25, -0.2) is 5.43 Å². The molecule has 0 aliphatic carbocycles. The second kappa shape index (κ2) is 10.4. The number of amides is 1. The van der Waals surface area contributed by atoms with Gasteiger partial charge in [-0.05, 0) is 41.5 Å². The lowest BCUT2D eigenvalue weighted by Gasteiger charge is -2.08. The van der Waals surface area contributed by atoms with E-state index < -0.39 is 5.91 Å². The minimum absolute atomic E-state index is 0.282. The maximum absolute atomic E-state index is 12.4. The molecule has 0 saturated heterocycles. The molecule has 0 aliphatic rings. The standard InChI is InChI=1S/C25H21ClN4O2/c26-22-12-10-19(11-13-22)17-30-15-14-23(29-30)25(31)28-27-16-21-8-4-5-9-24(21)32-18-20-6-2-1-3-7-20/h1-16H,17-18H2,(H,28,31)/b27-16+. The van der Waals surface area contributed by atoms with Crippen molar-refractivity contribution in [3.63, 3.8) is 0 Å². The van der Waals surface area contributed by atoms with Crippen molar-refractivity contribution in [2.24, 2.45) is 5.10 Å². The van der Waals surface area contributed by atoms with Gasteiger partial charge in [-0.2, -0.15) is 10.2 Å². The Labute approximate surface area is 191 Å². The van der Waals surface area contributed by atoms with Gasteiger partial charge in [0, 0.05) is 16.8 Å². The molecule has 1 amide bonds. The predicted octanol–water partition coefficient (Wildman–Crippen LogP) is 4.93. The van der Waals surface area contributed by atoms with Gasteiger partial charge < -0.3 is 4.74 Å². The van der Waals surface area contributed by atoms with Crippen LogP contribution in [0.15, 0.2) is 96.2 Å². The zero-order valence-corrected chi connectivity index (χ0v) is 17.9. The van der Waals surface area contributed by atoms with Gasteiger partial charge in [-0.15, -0.1) is 0 Å². The van der Waals surface area contributed by atoms with E-state index in [0.29, 0.717) is 23.9 Å². The number of nitrogens with zero attached hydrogens (tertiary/aromatic N) is 3. The number of aromatic nitrogens is 2. The Bertz CT molecular complexity index is 1200. The van der Waals surface area contributed by atoms with Gasteiger partial charge in [0.25, 0.3) is 5.91 Å². The first kappa shape index (κ1) is 21.3. The minimum Gasteiger partial charge on any atom is -0.488 e. The molecule has 0 unspecified atom stereocenters. The zero-order valence-electron chi connectivity index (χ0n) is 17.2. The SMILES string of the molecule is O=C(N/N=C/c1ccccc1OCc1ccccc1)c1ccn(Cc2ccc(Cl)cc2)n1. The van der Waals surface area contributed by atoms with E-state index in [9.17, 15) is 4.79 Å². The molecule has 6 nitrogen and oxygen atoms in total. The Hall–Kier alpha value is -3.90. The molecule has 160 valence electrons. The number of benzene rings is 3. The van der Waals surface area contributed by atoms with Crippen molar-refractivity contribution in [2.75, 3.05) is 0 Å². The first-order chi connectivity index (χ1) is 15.7. The van der Waals surface area contributed by atoms with E-state index in [1.165, 1.54) is 0 Å². The van der Waals surface area contributed by atoms with Crippen LogP contribution < -0.4 is 10.2 Å². The minimum atomic E-state index is -0.390. The molecule has 0 radical (unpaired) electrons. The van der Waals surface area contributed by atoms with Crippen LogP contribution in [-0.2, 0) is 13.2 Å². The molecule has 1 heterocycles. The molecule has 0 spiro atoms. The first-order valence-electron chi connectivity index (χ1n) is 10.0. The summed E-state index contributed by atoms with van der Waals surface area (Å²) in [7, 11) is 0. The molecule has 1 N–H and O–H groups in total. The van der Waals surface area contributed by atoms with Crippen molar-refractivity contribution in [1.29, 1.82) is 0 Å². The Morgan fingerprint density at radius 3 is 2.53 bits per heavy atom. The summed E-state index contributed by atoms with van der Waals surface area (Å²) in [4.78, 5) is 12.4. The topological polar surface area (TPSA) is 68.5 Å². The number of rotatable bonds is 8. The lowest BCUT2D eigenvalue weighted by atomic mass is 10.2. The van der Waals surface area contributed by atoms with Gasteiger partial charge in [-0.3, -0.25) is 9.48 Å². The summed E-state index contributed by atoms with van der Waals surface area (Å²) in [5.74, 6) is 0.292. The highest BCUT2D eigenvalue weighted by atomic mass is 35.5. The molecule has 32 heavy (non-hydrogen) atoms. The van der Waals surface area contributed by atoms with Crippen LogP contribution in [0, 0.1) is 0 Å². The molecule has 0 bridgehead atoms. The lowest BCUT2D eigenvalue weighted by Crippen LogP contribution is -2.18. The highest BCUT2D eigenvalue weighted by Gasteiger charge is 2.09. The summed E-state index contributed by atoms with van der Waals surface area (Å²) < 4.78 is 7.59. The summed E-state index contributed by atoms with van der Waals surface area (Å²) in [6.45, 7) is 0.989. The largest absolute Gasteiger partial charge is 0.488 e. The molecule has 0 atom stereocenters. The van der Waals surface area contributed by atoms with Crippen LogP contribution in [0.25, 0.3) is 0 Å². The van der Waals surface area contributed by atoms with E-state index in [1.54, 1.807) is 23.2 Å². The van der Waals surface area contributed by atoms with Crippen LogP contribution in [0.3, 0.4) is 0 Å². The smallest absolute Gasteiger partial charge is 0.291 e. The van der Waals surface area contributed by atoms with Crippen molar-refractivity contribution in [2.45, 2.75) is 13.2 Å². The van der Waals surface area contributed by atoms with Crippen LogP contribution >= 0.6 is 11.6 Å². The van der Waals surface area contributed by atoms with Gasteiger partial charge in [0.1, 0.15) is 12.4 Å². The van der Waals surface area contributed by atoms with Crippen LogP contribution in [-0.4, -0.2) is 21.9 Å². The molecule has 0 saturated carbocycles. The van der Waals surface area contributed by atoms with E-state index in [2.05, 4.69) is 15.6 Å². The second-order valence-corrected chi connectivity index (χ2v) is 7.47. The maximum Gasteiger partial charge on any atom is 0.291 e. The molecular formula is C25H21ClN4O2. The number of hydrogen-bond acceptors (Lipinski definition) is 4. The highest BCUT2D eigenvalue weighted by Crippen LogP contribution is 2.17. The van der Waals surface area contributed by atoms with Gasteiger partial charge in [0.05, 0.1) is 12.8 Å². The summed E-state index contributed by atoms with van der Waals surface area (Å²) in [6, 6.07) is 26.6. The number of hydrogen-bond donors (Lipinski definition) is 1. The predicted molar refractivity (Wildman–Crippen MR) is 125 cm³/mol. The van der Waals surface area contributed by atoms with Crippen LogP contribution in [0.1, 0.15) is 27.2 Å². The number of para-hydroxylation sites is 1. The molecule has 3 aromatic carbocycles. The molecule has 4 aromatic rings. The van der Waals surface area contributed by atoms with Gasteiger partial charge in [-0.1, -0.05) is 66.2 Å². The van der Waals surface area contributed by atoms with Crippen molar-refractivity contribution in [3.05, 3.63) is 119 Å². The summed E-state index contributed by atoms with van der Waals surface area (Å²) in [5.41, 5.74) is 5.67. The fraction of sp³-hybridized carbons (Fsp3) is 0.0800. The number of halogens is 1. The average Bonchev–Trinajstić information content (AvgIpc) is 3.29. The molecule has 7 heteroatoms. The molecule has 4 rings (SSSR count). The maximum atomic E-state index is 12.4. The second-order valence-electron chi connectivity index (χ2n) is 7.04. The number of nitrogens with one attached hydrogen (secondary N) is 1. The van der Waals surface area contributed by atoms with Crippen molar-refractivity contribution in [1.82, 2.24) is 15.2 Å². The molecular weight excluding hydrogens is 424 g/mol. The van der Waals surface area contributed by atoms with E-state index in [-0.39, 0.29) is 5.69 Å². The van der Waals surface area contributed by atoms with Gasteiger partial charge in [0.15, 0.2) is 5.69 Å². The van der Waals surface area contributed by atoms with E-state index in [0.717, 1.165) is 16.7 Å². The number of carbonyl (C=O) groups is 1. The van der Waals surface area contributed by atoms with Crippen molar-refractivity contribution in [3.8, 4) is 5.75 Å². The third-order valence-electron chi connectivity index (χ3n) is 4.66. The van der Waals surface area contributed by atoms with Crippen LogP contribution in [0.4, 0.5) is 0 Å². The number of ether oxygens (including phenoxy) is 1. The van der Waals surface area contributed by atoms with Crippen LogP contribution in [0.5, 0.6) is 5.75 Å². The normalized spacial score (nSPS) is 10.9. The molecule has 0 fully saturated rings. The van der Waals surface area contributed by atoms with Gasteiger partial charge in [0.2, 0.25) is 0 Å². The van der Waals surface area contributed by atoms with Crippen molar-refractivity contribution < 1.29 is 9.53 Å².